The molecule has 68 heavy (non-hydrogen) atoms. The van der Waals surface area contributed by atoms with Crippen LogP contribution in [0.4, 0.5) is 0 Å². The van der Waals surface area contributed by atoms with E-state index in [9.17, 15) is 58.9 Å². The first kappa shape index (κ1) is 62.6. The number of allylic oxidation sites excluding steroid dienone is 16. The number of aliphatic hydroxyl groups is 5. The summed E-state index contributed by atoms with van der Waals surface area (Å²) >= 11 is 0. The van der Waals surface area contributed by atoms with Gasteiger partial charge in [-0.2, -0.15) is 0 Å². The zero-order valence-corrected chi connectivity index (χ0v) is 41.4. The van der Waals surface area contributed by atoms with Crippen LogP contribution in [-0.2, 0) is 41.8 Å². The third-order valence-electron chi connectivity index (χ3n) is 9.91. The number of hydrogen-bond donors (Lipinski definition) is 8. The van der Waals surface area contributed by atoms with Gasteiger partial charge in [0.25, 0.3) is 0 Å². The van der Waals surface area contributed by atoms with Crippen LogP contribution in [0.15, 0.2) is 109 Å². The Bertz CT molecular complexity index is 1750. The highest BCUT2D eigenvalue weighted by atomic mass is 31.2. The number of esters is 2. The number of ether oxygens (including phenoxy) is 2. The van der Waals surface area contributed by atoms with Crippen molar-refractivity contribution in [1.82, 2.24) is 0 Å². The molecule has 1 aliphatic rings. The third-order valence-corrected chi connectivity index (χ3v) is 11.4. The van der Waals surface area contributed by atoms with E-state index in [1.165, 1.54) is 19.3 Å². The maximum absolute atomic E-state index is 13.0. The summed E-state index contributed by atoms with van der Waals surface area (Å²) in [5.74, 6) is -1.39. The molecule has 6 unspecified atom stereocenters. The largest absolute Gasteiger partial charge is 0.472 e. The highest BCUT2D eigenvalue weighted by Gasteiger charge is 2.54. The predicted molar refractivity (Wildman–Crippen MR) is 261 cm³/mol. The van der Waals surface area contributed by atoms with Gasteiger partial charge in [0, 0.05) is 12.8 Å². The minimum atomic E-state index is -5.39. The molecule has 0 aromatic rings. The average molecular weight is 1000 g/mol. The van der Waals surface area contributed by atoms with Crippen LogP contribution in [0.25, 0.3) is 0 Å². The molecule has 0 aromatic carbocycles. The highest BCUT2D eigenvalue weighted by Crippen LogP contribution is 2.49. The van der Waals surface area contributed by atoms with E-state index in [1.54, 1.807) is 12.2 Å². The smallest absolute Gasteiger partial charge is 0.462 e. The van der Waals surface area contributed by atoms with Crippen molar-refractivity contribution in [3.8, 4) is 0 Å². The molecule has 0 heterocycles. The Morgan fingerprint density at radius 2 is 1.06 bits per heavy atom. The number of carbonyl (C=O) groups excluding carboxylic acids is 2. The maximum atomic E-state index is 13.0. The molecule has 0 amide bonds. The molecule has 8 N–H and O–H groups in total. The number of phosphoric acid groups is 2. The van der Waals surface area contributed by atoms with Crippen molar-refractivity contribution >= 4 is 27.6 Å². The van der Waals surface area contributed by atoms with Gasteiger partial charge in [0.05, 0.1) is 12.7 Å². The average Bonchev–Trinajstić information content (AvgIpc) is 3.29. The van der Waals surface area contributed by atoms with Gasteiger partial charge in [0.15, 0.2) is 6.10 Å². The lowest BCUT2D eigenvalue weighted by Gasteiger charge is -2.43. The van der Waals surface area contributed by atoms with E-state index in [1.807, 2.05) is 48.6 Å². The summed E-state index contributed by atoms with van der Waals surface area (Å²) in [4.78, 5) is 54.2. The number of unbranched alkanes of at least 4 members (excludes halogenated alkanes) is 5. The van der Waals surface area contributed by atoms with Crippen LogP contribution in [0, 0.1) is 0 Å². The Labute approximate surface area is 402 Å². The van der Waals surface area contributed by atoms with Gasteiger partial charge < -0.3 is 49.7 Å². The summed E-state index contributed by atoms with van der Waals surface area (Å²) in [7, 11) is -10.7. The van der Waals surface area contributed by atoms with Crippen molar-refractivity contribution in [2.24, 2.45) is 0 Å². The summed E-state index contributed by atoms with van der Waals surface area (Å²) in [6, 6.07) is 0. The number of rotatable bonds is 37. The highest BCUT2D eigenvalue weighted by molar-refractivity contribution is 7.47. The van der Waals surface area contributed by atoms with Gasteiger partial charge in [-0.25, -0.2) is 9.13 Å². The van der Waals surface area contributed by atoms with Crippen molar-refractivity contribution in [3.05, 3.63) is 109 Å². The molecule has 1 aliphatic carbocycles. The minimum absolute atomic E-state index is 0.0133. The lowest BCUT2D eigenvalue weighted by Crippen LogP contribution is -2.64. The van der Waals surface area contributed by atoms with Gasteiger partial charge in [-0.1, -0.05) is 136 Å². The molecule has 0 bridgehead atoms. The molecule has 0 aliphatic heterocycles. The zero-order valence-electron chi connectivity index (χ0n) is 39.6. The van der Waals surface area contributed by atoms with Gasteiger partial charge in [-0.15, -0.1) is 0 Å². The maximum Gasteiger partial charge on any atom is 0.472 e. The van der Waals surface area contributed by atoms with Crippen molar-refractivity contribution in [3.63, 3.8) is 0 Å². The van der Waals surface area contributed by atoms with E-state index in [4.69, 9.17) is 18.5 Å². The first-order valence-electron chi connectivity index (χ1n) is 23.5. The molecule has 0 aromatic heterocycles. The number of carbonyl (C=O) groups is 2. The second-order valence-electron chi connectivity index (χ2n) is 15.9. The van der Waals surface area contributed by atoms with Gasteiger partial charge in [0.2, 0.25) is 0 Å². The Kier molecular flexibility index (Phi) is 35.4. The Morgan fingerprint density at radius 3 is 1.62 bits per heavy atom. The SMILES string of the molecule is CC/C=C\C/C=C\CC(O)/C=C/C=C\C/C=C\CCCC(=O)O[C@H](COC(=O)CCC/C=C\C/C=C\C/C=C\C/C=C\CCCCC)COP(=O)(O)O[C@H]1C(O)C(O)C(O)[C@@H](OP(=O)(O)O)C1O. The summed E-state index contributed by atoms with van der Waals surface area (Å²) < 4.78 is 49.2. The summed E-state index contributed by atoms with van der Waals surface area (Å²) in [6.07, 6.45) is 32.3. The van der Waals surface area contributed by atoms with Crippen molar-refractivity contribution in [2.45, 2.75) is 172 Å². The third kappa shape index (κ3) is 32.4. The van der Waals surface area contributed by atoms with Crippen LogP contribution in [0.3, 0.4) is 0 Å². The molecule has 0 spiro atoms. The number of hydrogen-bond acceptors (Lipinski definition) is 14. The van der Waals surface area contributed by atoms with Crippen LogP contribution < -0.4 is 0 Å². The number of aliphatic hydroxyl groups excluding tert-OH is 5. The van der Waals surface area contributed by atoms with Gasteiger partial charge in [-0.05, 0) is 83.5 Å². The first-order valence-corrected chi connectivity index (χ1v) is 26.6. The standard InChI is InChI=1S/C49H78O17P2/c1-3-5-7-9-11-12-13-14-15-16-17-18-19-20-24-28-32-36-42(51)62-38-41(39-63-68(60,61)66-49-46(55)44(53)45(54)48(47(49)56)65-67(57,58)59)64-43(52)37-33-29-25-22-21-23-27-31-35-40(50)34-30-26-10-8-6-4-2/h6,8,11-12,14-15,17-18,20,22-27,30-31,35,40-41,44-50,53-56H,3-5,7,9-10,13,16,19,21,28-29,32-34,36-39H2,1-2H3,(H,60,61)(H2,57,58,59)/b8-6-,12-11-,15-14-,18-17-,24-20-,25-22-,27-23-,30-26-,35-31+/t40?,41-,44?,45?,46?,47?,48-,49+/m1/s1. The zero-order chi connectivity index (χ0) is 50.5. The van der Waals surface area contributed by atoms with Crippen LogP contribution >= 0.6 is 15.6 Å². The molecule has 1 saturated carbocycles. The molecule has 9 atom stereocenters. The summed E-state index contributed by atoms with van der Waals surface area (Å²) in [5.41, 5.74) is 0. The molecule has 1 fully saturated rings. The monoisotopic (exact) mass is 1000 g/mol. The second-order valence-corrected chi connectivity index (χ2v) is 18.5. The normalized spacial score (nSPS) is 22.7. The van der Waals surface area contributed by atoms with Crippen LogP contribution in [-0.4, -0.2) is 114 Å². The fraction of sp³-hybridized carbons (Fsp3) is 0.592. The quantitative estimate of drug-likeness (QED) is 0.00965. The fourth-order valence-corrected chi connectivity index (χ4v) is 7.79. The molecular formula is C49H78O17P2. The molecule has 17 nitrogen and oxygen atoms in total. The van der Waals surface area contributed by atoms with E-state index in [-0.39, 0.29) is 12.8 Å². The Balaban J connectivity index is 2.72. The molecule has 386 valence electrons. The van der Waals surface area contributed by atoms with Crippen molar-refractivity contribution < 1.29 is 82.0 Å². The Hall–Kier alpha value is -3.38. The molecular weight excluding hydrogens is 922 g/mol. The van der Waals surface area contributed by atoms with Gasteiger partial charge in [-0.3, -0.25) is 23.2 Å². The van der Waals surface area contributed by atoms with Gasteiger partial charge in [0.1, 0.15) is 43.2 Å². The van der Waals surface area contributed by atoms with E-state index in [0.29, 0.717) is 38.5 Å². The topological polar surface area (TPSA) is 276 Å². The molecule has 1 rings (SSSR count). The van der Waals surface area contributed by atoms with Crippen LogP contribution in [0.1, 0.15) is 123 Å². The van der Waals surface area contributed by atoms with Crippen molar-refractivity contribution in [1.29, 1.82) is 0 Å². The van der Waals surface area contributed by atoms with Crippen LogP contribution in [0.5, 0.6) is 0 Å². The van der Waals surface area contributed by atoms with Gasteiger partial charge >= 0.3 is 27.6 Å². The predicted octanol–water partition coefficient (Wildman–Crippen LogP) is 7.92. The van der Waals surface area contributed by atoms with Crippen molar-refractivity contribution in [2.75, 3.05) is 13.2 Å². The Morgan fingerprint density at radius 1 is 0.559 bits per heavy atom. The van der Waals surface area contributed by atoms with E-state index < -0.39 is 89.6 Å². The van der Waals surface area contributed by atoms with Crippen LogP contribution in [0.2, 0.25) is 0 Å². The number of phosphoric ester groups is 2. The molecule has 0 saturated heterocycles. The van der Waals surface area contributed by atoms with E-state index >= 15 is 0 Å². The molecule has 19 heteroatoms. The van der Waals surface area contributed by atoms with E-state index in [0.717, 1.165) is 38.5 Å². The van der Waals surface area contributed by atoms with E-state index in [2.05, 4.69) is 67.0 Å². The lowest BCUT2D eigenvalue weighted by atomic mass is 9.85. The lowest BCUT2D eigenvalue weighted by molar-refractivity contribution is -0.216. The first-order chi connectivity index (χ1) is 32.5. The second kappa shape index (κ2) is 38.4. The molecule has 0 radical (unpaired) electrons. The summed E-state index contributed by atoms with van der Waals surface area (Å²) in [6.45, 7) is 2.78. The summed E-state index contributed by atoms with van der Waals surface area (Å²) in [5, 5.41) is 51.3. The minimum Gasteiger partial charge on any atom is -0.462 e. The fourth-order valence-electron chi connectivity index (χ4n) is 6.25.